The van der Waals surface area contributed by atoms with E-state index in [9.17, 15) is 0 Å². The molecule has 2 aliphatic rings. The van der Waals surface area contributed by atoms with E-state index in [1.807, 2.05) is 23.7 Å². The SMILES string of the molecule is c1cc(-c2ccc(-c3cnc(C4CCCN4)[nH]3)s2)c2cccc(-c3cnc(C4CCCN4)[nH]3)c2c1. The van der Waals surface area contributed by atoms with E-state index in [1.54, 1.807) is 0 Å². The van der Waals surface area contributed by atoms with E-state index in [1.165, 1.54) is 44.5 Å². The van der Waals surface area contributed by atoms with Gasteiger partial charge in [0.05, 0.1) is 40.7 Å². The Balaban J connectivity index is 1.23. The molecule has 0 radical (unpaired) electrons. The quantitative estimate of drug-likeness (QED) is 0.241. The molecule has 2 fully saturated rings. The second kappa shape index (κ2) is 8.75. The number of H-pyrrole nitrogens is 2. The maximum absolute atomic E-state index is 4.70. The van der Waals surface area contributed by atoms with Crippen LogP contribution in [0.15, 0.2) is 60.9 Å². The second-order valence-corrected chi connectivity index (χ2v) is 10.6. The average molecular weight is 481 g/mol. The van der Waals surface area contributed by atoms with E-state index in [2.05, 4.69) is 74.1 Å². The molecule has 2 saturated heterocycles. The molecule has 4 N–H and O–H groups in total. The van der Waals surface area contributed by atoms with Gasteiger partial charge < -0.3 is 20.6 Å². The van der Waals surface area contributed by atoms with Gasteiger partial charge in [0, 0.05) is 10.4 Å². The Bertz CT molecular complexity index is 1480. The van der Waals surface area contributed by atoms with Gasteiger partial charge in [0.2, 0.25) is 0 Å². The van der Waals surface area contributed by atoms with E-state index < -0.39 is 0 Å². The molecule has 2 unspecified atom stereocenters. The zero-order valence-corrected chi connectivity index (χ0v) is 20.3. The molecule has 0 bridgehead atoms. The number of imidazole rings is 2. The number of nitrogens with zero attached hydrogens (tertiary/aromatic N) is 2. The number of fused-ring (bicyclic) bond motifs is 1. The maximum Gasteiger partial charge on any atom is 0.123 e. The normalized spacial score (nSPS) is 20.2. The molecule has 6 nitrogen and oxygen atoms in total. The lowest BCUT2D eigenvalue weighted by Crippen LogP contribution is -2.14. The highest BCUT2D eigenvalue weighted by molar-refractivity contribution is 7.18. The van der Waals surface area contributed by atoms with E-state index in [0.717, 1.165) is 49.0 Å². The number of benzene rings is 2. The van der Waals surface area contributed by atoms with Crippen molar-refractivity contribution in [1.82, 2.24) is 30.6 Å². The predicted octanol–water partition coefficient (Wildman–Crippen LogP) is 6.20. The number of aromatic amines is 2. The van der Waals surface area contributed by atoms with E-state index in [0.29, 0.717) is 12.1 Å². The molecule has 7 rings (SSSR count). The van der Waals surface area contributed by atoms with Crippen molar-refractivity contribution in [3.05, 3.63) is 72.6 Å². The molecule has 5 heterocycles. The molecule has 0 saturated carbocycles. The minimum Gasteiger partial charge on any atom is -0.341 e. The molecule has 0 amide bonds. The van der Waals surface area contributed by atoms with Gasteiger partial charge in [0.25, 0.3) is 0 Å². The Morgan fingerprint density at radius 1 is 0.657 bits per heavy atom. The summed E-state index contributed by atoms with van der Waals surface area (Å²) in [5.41, 5.74) is 4.63. The van der Waals surface area contributed by atoms with Gasteiger partial charge in [-0.3, -0.25) is 0 Å². The van der Waals surface area contributed by atoms with Crippen molar-refractivity contribution in [2.75, 3.05) is 13.1 Å². The third-order valence-corrected chi connectivity index (χ3v) is 8.47. The highest BCUT2D eigenvalue weighted by Gasteiger charge is 2.21. The van der Waals surface area contributed by atoms with Gasteiger partial charge in [0.15, 0.2) is 0 Å². The standard InChI is InChI=1S/C28H28N6S/c1-6-18-17(19(7-1)23-15-31-27(33-23)21-9-3-13-29-21)5-2-8-20(18)25-11-12-26(35-25)24-16-32-28(34-24)22-10-4-14-30-22/h1-2,5-8,11-12,15-16,21-22,29-30H,3-4,9-10,13-14H2,(H,31,33)(H,32,34). The Labute approximate surface area is 208 Å². The van der Waals surface area contributed by atoms with Crippen molar-refractivity contribution in [2.24, 2.45) is 0 Å². The van der Waals surface area contributed by atoms with Gasteiger partial charge in [-0.1, -0.05) is 36.4 Å². The summed E-state index contributed by atoms with van der Waals surface area (Å²) in [5.74, 6) is 2.09. The van der Waals surface area contributed by atoms with Crippen LogP contribution in [0.5, 0.6) is 0 Å². The molecule has 2 aliphatic heterocycles. The molecular weight excluding hydrogens is 452 g/mol. The monoisotopic (exact) mass is 480 g/mol. The number of rotatable bonds is 5. The van der Waals surface area contributed by atoms with E-state index >= 15 is 0 Å². The lowest BCUT2D eigenvalue weighted by atomic mass is 9.98. The molecule has 35 heavy (non-hydrogen) atoms. The fourth-order valence-electron chi connectivity index (χ4n) is 5.51. The van der Waals surface area contributed by atoms with E-state index in [4.69, 9.17) is 4.98 Å². The minimum absolute atomic E-state index is 0.339. The first-order valence-corrected chi connectivity index (χ1v) is 13.3. The lowest BCUT2D eigenvalue weighted by molar-refractivity contribution is 0.613. The Kier molecular flexibility index (Phi) is 5.26. The zero-order chi connectivity index (χ0) is 23.2. The summed E-state index contributed by atoms with van der Waals surface area (Å²) in [5, 5.41) is 9.56. The van der Waals surface area contributed by atoms with Crippen molar-refractivity contribution in [3.63, 3.8) is 0 Å². The average Bonchev–Trinajstić information content (AvgIpc) is 3.72. The first kappa shape index (κ1) is 21.1. The molecule has 2 aromatic carbocycles. The molecular formula is C28H28N6S. The maximum atomic E-state index is 4.70. The van der Waals surface area contributed by atoms with Crippen LogP contribution in [0.2, 0.25) is 0 Å². The summed E-state index contributed by atoms with van der Waals surface area (Å²) in [4.78, 5) is 19.0. The van der Waals surface area contributed by atoms with Gasteiger partial charge in [-0.05, 0) is 67.2 Å². The van der Waals surface area contributed by atoms with Crippen LogP contribution in [0.3, 0.4) is 0 Å². The van der Waals surface area contributed by atoms with Gasteiger partial charge in [-0.25, -0.2) is 9.97 Å². The lowest BCUT2D eigenvalue weighted by Gasteiger charge is -2.09. The summed E-state index contributed by atoms with van der Waals surface area (Å²) in [7, 11) is 0. The van der Waals surface area contributed by atoms with E-state index in [-0.39, 0.29) is 0 Å². The summed E-state index contributed by atoms with van der Waals surface area (Å²) >= 11 is 1.81. The molecule has 176 valence electrons. The number of hydrogen-bond donors (Lipinski definition) is 4. The molecule has 2 atom stereocenters. The van der Waals surface area contributed by atoms with Crippen LogP contribution in [-0.2, 0) is 0 Å². The Morgan fingerprint density at radius 3 is 1.94 bits per heavy atom. The van der Waals surface area contributed by atoms with Crippen LogP contribution >= 0.6 is 11.3 Å². The van der Waals surface area contributed by atoms with Crippen LogP contribution in [0, 0.1) is 0 Å². The Morgan fingerprint density at radius 2 is 1.26 bits per heavy atom. The van der Waals surface area contributed by atoms with Crippen LogP contribution in [-0.4, -0.2) is 33.0 Å². The topological polar surface area (TPSA) is 81.4 Å². The summed E-state index contributed by atoms with van der Waals surface area (Å²) in [6.45, 7) is 2.14. The molecule has 3 aromatic heterocycles. The fourth-order valence-corrected chi connectivity index (χ4v) is 6.52. The molecule has 0 aliphatic carbocycles. The van der Waals surface area contributed by atoms with Crippen LogP contribution < -0.4 is 10.6 Å². The van der Waals surface area contributed by atoms with Gasteiger partial charge in [-0.15, -0.1) is 11.3 Å². The van der Waals surface area contributed by atoms with Gasteiger partial charge in [-0.2, -0.15) is 0 Å². The third-order valence-electron chi connectivity index (χ3n) is 7.32. The molecule has 7 heteroatoms. The van der Waals surface area contributed by atoms with Crippen molar-refractivity contribution in [2.45, 2.75) is 37.8 Å². The van der Waals surface area contributed by atoms with Crippen molar-refractivity contribution >= 4 is 22.1 Å². The summed E-state index contributed by atoms with van der Waals surface area (Å²) in [6.07, 6.45) is 8.66. The predicted molar refractivity (Wildman–Crippen MR) is 142 cm³/mol. The number of hydrogen-bond acceptors (Lipinski definition) is 5. The smallest absolute Gasteiger partial charge is 0.123 e. The Hall–Kier alpha value is -3.26. The minimum atomic E-state index is 0.339. The summed E-state index contributed by atoms with van der Waals surface area (Å²) in [6, 6.07) is 18.3. The van der Waals surface area contributed by atoms with Crippen molar-refractivity contribution in [1.29, 1.82) is 0 Å². The van der Waals surface area contributed by atoms with Crippen LogP contribution in [0.1, 0.15) is 49.4 Å². The molecule has 0 spiro atoms. The first-order chi connectivity index (χ1) is 17.3. The van der Waals surface area contributed by atoms with Crippen LogP contribution in [0.25, 0.3) is 43.0 Å². The van der Waals surface area contributed by atoms with Crippen molar-refractivity contribution < 1.29 is 0 Å². The number of thiophene rings is 1. The summed E-state index contributed by atoms with van der Waals surface area (Å²) < 4.78 is 0. The third kappa shape index (κ3) is 3.80. The van der Waals surface area contributed by atoms with Gasteiger partial charge >= 0.3 is 0 Å². The van der Waals surface area contributed by atoms with Crippen molar-refractivity contribution in [3.8, 4) is 32.3 Å². The first-order valence-electron chi connectivity index (χ1n) is 12.5. The largest absolute Gasteiger partial charge is 0.341 e. The second-order valence-electron chi connectivity index (χ2n) is 9.53. The highest BCUT2D eigenvalue weighted by atomic mass is 32.1. The van der Waals surface area contributed by atoms with Gasteiger partial charge in [0.1, 0.15) is 11.6 Å². The van der Waals surface area contributed by atoms with Crippen LogP contribution in [0.4, 0.5) is 0 Å². The zero-order valence-electron chi connectivity index (χ0n) is 19.5. The fraction of sp³-hybridized carbons (Fsp3) is 0.286. The highest BCUT2D eigenvalue weighted by Crippen LogP contribution is 2.40. The molecule has 5 aromatic rings. The number of nitrogens with one attached hydrogen (secondary N) is 4. The number of aromatic nitrogens is 4.